The minimum atomic E-state index is -0.266. The first kappa shape index (κ1) is 22.0. The molecule has 4 aromatic rings. The van der Waals surface area contributed by atoms with Gasteiger partial charge < -0.3 is 4.42 Å². The standard InChI is InChI=1S/C25H30N4O3/c1-8-17(9-2)20-13-14(3)27-29-22(15(4)26-24(20)29)21-16(5)32-23-18(21)11-10-12-19(23)25(30)28(6)31-7/h10-13,17H,8-9H2,1-7H3. The van der Waals surface area contributed by atoms with Gasteiger partial charge in [-0.05, 0) is 51.7 Å². The number of para-hydroxylation sites is 1. The molecule has 0 radical (unpaired) electrons. The van der Waals surface area contributed by atoms with Crippen LogP contribution in [0.1, 0.15) is 65.7 Å². The molecule has 7 heteroatoms. The predicted octanol–water partition coefficient (Wildman–Crippen LogP) is 5.60. The van der Waals surface area contributed by atoms with Crippen molar-refractivity contribution in [2.24, 2.45) is 0 Å². The van der Waals surface area contributed by atoms with Crippen LogP contribution in [0.5, 0.6) is 0 Å². The Labute approximate surface area is 187 Å². The van der Waals surface area contributed by atoms with Gasteiger partial charge in [-0.1, -0.05) is 26.0 Å². The maximum absolute atomic E-state index is 12.8. The van der Waals surface area contributed by atoms with Crippen molar-refractivity contribution in [3.63, 3.8) is 0 Å². The first-order chi connectivity index (χ1) is 15.3. The average Bonchev–Trinajstić information content (AvgIpc) is 3.28. The number of fused-ring (bicyclic) bond motifs is 2. The van der Waals surface area contributed by atoms with Crippen LogP contribution in [-0.4, -0.2) is 39.7 Å². The fraction of sp³-hybridized carbons (Fsp3) is 0.400. The monoisotopic (exact) mass is 434 g/mol. The van der Waals surface area contributed by atoms with Crippen molar-refractivity contribution in [1.82, 2.24) is 19.7 Å². The van der Waals surface area contributed by atoms with Crippen LogP contribution in [0.2, 0.25) is 0 Å². The van der Waals surface area contributed by atoms with E-state index < -0.39 is 0 Å². The molecule has 0 aliphatic carbocycles. The Balaban J connectivity index is 2.02. The van der Waals surface area contributed by atoms with Crippen LogP contribution < -0.4 is 0 Å². The van der Waals surface area contributed by atoms with Crippen LogP contribution in [0.15, 0.2) is 28.7 Å². The van der Waals surface area contributed by atoms with Gasteiger partial charge in [-0.2, -0.15) is 5.10 Å². The highest BCUT2D eigenvalue weighted by molar-refractivity contribution is 6.08. The smallest absolute Gasteiger partial charge is 0.280 e. The molecule has 0 aliphatic rings. The van der Waals surface area contributed by atoms with Gasteiger partial charge in [0, 0.05) is 18.0 Å². The Morgan fingerprint density at radius 1 is 1.22 bits per heavy atom. The number of hydrogen-bond acceptors (Lipinski definition) is 5. The van der Waals surface area contributed by atoms with E-state index in [9.17, 15) is 4.79 Å². The van der Waals surface area contributed by atoms with Gasteiger partial charge in [0.05, 0.1) is 35.3 Å². The zero-order chi connectivity index (χ0) is 23.2. The maximum Gasteiger partial charge on any atom is 0.280 e. The minimum Gasteiger partial charge on any atom is -0.460 e. The van der Waals surface area contributed by atoms with E-state index in [0.29, 0.717) is 17.1 Å². The van der Waals surface area contributed by atoms with E-state index in [2.05, 4.69) is 19.9 Å². The third kappa shape index (κ3) is 3.37. The fourth-order valence-corrected chi connectivity index (χ4v) is 4.55. The first-order valence-electron chi connectivity index (χ1n) is 11.0. The van der Waals surface area contributed by atoms with Crippen LogP contribution in [-0.2, 0) is 4.84 Å². The number of benzene rings is 1. The Kier molecular flexibility index (Phi) is 5.77. The molecule has 0 N–H and O–H groups in total. The van der Waals surface area contributed by atoms with Gasteiger partial charge in [0.2, 0.25) is 0 Å². The van der Waals surface area contributed by atoms with E-state index in [1.165, 1.54) is 17.7 Å². The number of carbonyl (C=O) groups excluding carboxylic acids is 1. The largest absolute Gasteiger partial charge is 0.460 e. The van der Waals surface area contributed by atoms with Crippen LogP contribution in [0.3, 0.4) is 0 Å². The second kappa shape index (κ2) is 8.39. The molecule has 0 spiro atoms. The number of furan rings is 1. The molecule has 0 saturated carbocycles. The molecule has 1 aromatic carbocycles. The predicted molar refractivity (Wildman–Crippen MR) is 125 cm³/mol. The zero-order valence-corrected chi connectivity index (χ0v) is 19.8. The minimum absolute atomic E-state index is 0.266. The van der Waals surface area contributed by atoms with Crippen molar-refractivity contribution >= 4 is 22.5 Å². The third-order valence-corrected chi connectivity index (χ3v) is 6.25. The van der Waals surface area contributed by atoms with Gasteiger partial charge in [0.15, 0.2) is 5.65 Å². The SMILES string of the molecule is CCC(CC)c1cc(C)nn2c(-c3c(C)oc4c(C(=O)N(C)OC)cccc34)c(C)nc12. The van der Waals surface area contributed by atoms with Gasteiger partial charge in [-0.15, -0.1) is 0 Å². The molecular weight excluding hydrogens is 404 g/mol. The molecule has 168 valence electrons. The number of carbonyl (C=O) groups is 1. The molecule has 3 heterocycles. The number of hydroxylamine groups is 2. The molecule has 0 fully saturated rings. The maximum atomic E-state index is 12.8. The summed E-state index contributed by atoms with van der Waals surface area (Å²) in [5, 5.41) is 6.88. The molecule has 1 amide bonds. The van der Waals surface area contributed by atoms with E-state index in [1.54, 1.807) is 13.1 Å². The quantitative estimate of drug-likeness (QED) is 0.369. The number of rotatable bonds is 6. The number of aromatic nitrogens is 3. The average molecular weight is 435 g/mol. The Hall–Kier alpha value is -3.19. The van der Waals surface area contributed by atoms with E-state index in [4.69, 9.17) is 19.3 Å². The van der Waals surface area contributed by atoms with Gasteiger partial charge in [-0.3, -0.25) is 9.63 Å². The van der Waals surface area contributed by atoms with Crippen molar-refractivity contribution in [3.8, 4) is 11.3 Å². The molecule has 4 rings (SSSR count). The van der Waals surface area contributed by atoms with Crippen molar-refractivity contribution in [3.05, 3.63) is 52.5 Å². The van der Waals surface area contributed by atoms with Crippen LogP contribution in [0.4, 0.5) is 0 Å². The van der Waals surface area contributed by atoms with Gasteiger partial charge in [-0.25, -0.2) is 14.6 Å². The molecular formula is C25H30N4O3. The van der Waals surface area contributed by atoms with Gasteiger partial charge in [0.25, 0.3) is 5.91 Å². The number of amides is 1. The number of aryl methyl sites for hydroxylation is 3. The summed E-state index contributed by atoms with van der Waals surface area (Å²) in [5.74, 6) is 0.876. The molecule has 0 saturated heterocycles. The van der Waals surface area contributed by atoms with Crippen molar-refractivity contribution in [2.75, 3.05) is 14.2 Å². The molecule has 32 heavy (non-hydrogen) atoms. The van der Waals surface area contributed by atoms with Gasteiger partial charge >= 0.3 is 0 Å². The summed E-state index contributed by atoms with van der Waals surface area (Å²) >= 11 is 0. The second-order valence-corrected chi connectivity index (χ2v) is 8.24. The topological polar surface area (TPSA) is 72.9 Å². The zero-order valence-electron chi connectivity index (χ0n) is 19.8. The molecule has 0 aliphatic heterocycles. The van der Waals surface area contributed by atoms with E-state index in [1.807, 2.05) is 37.4 Å². The van der Waals surface area contributed by atoms with Crippen molar-refractivity contribution < 1.29 is 14.0 Å². The first-order valence-corrected chi connectivity index (χ1v) is 11.0. The molecule has 0 atom stereocenters. The highest BCUT2D eigenvalue weighted by Crippen LogP contribution is 2.39. The third-order valence-electron chi connectivity index (χ3n) is 6.25. The normalized spacial score (nSPS) is 11.8. The summed E-state index contributed by atoms with van der Waals surface area (Å²) in [6.07, 6.45) is 2.09. The van der Waals surface area contributed by atoms with Crippen LogP contribution >= 0.6 is 0 Å². The Morgan fingerprint density at radius 3 is 2.59 bits per heavy atom. The molecule has 3 aromatic heterocycles. The van der Waals surface area contributed by atoms with Crippen molar-refractivity contribution in [2.45, 2.75) is 53.4 Å². The van der Waals surface area contributed by atoms with Crippen LogP contribution in [0, 0.1) is 20.8 Å². The number of imidazole rings is 1. The van der Waals surface area contributed by atoms with E-state index >= 15 is 0 Å². The Bertz CT molecular complexity index is 1310. The highest BCUT2D eigenvalue weighted by Gasteiger charge is 2.26. The van der Waals surface area contributed by atoms with Crippen LogP contribution in [0.25, 0.3) is 27.9 Å². The molecule has 0 bridgehead atoms. The lowest BCUT2D eigenvalue weighted by Gasteiger charge is -2.15. The lowest BCUT2D eigenvalue weighted by atomic mass is 9.95. The number of nitrogens with zero attached hydrogens (tertiary/aromatic N) is 4. The molecule has 0 unspecified atom stereocenters. The molecule has 7 nitrogen and oxygen atoms in total. The summed E-state index contributed by atoms with van der Waals surface area (Å²) < 4.78 is 8.10. The lowest BCUT2D eigenvalue weighted by Crippen LogP contribution is -2.25. The van der Waals surface area contributed by atoms with E-state index in [-0.39, 0.29) is 5.91 Å². The highest BCUT2D eigenvalue weighted by atomic mass is 16.7. The number of hydrogen-bond donors (Lipinski definition) is 0. The summed E-state index contributed by atoms with van der Waals surface area (Å²) in [5.41, 5.74) is 6.74. The second-order valence-electron chi connectivity index (χ2n) is 8.24. The summed E-state index contributed by atoms with van der Waals surface area (Å²) in [7, 11) is 3.04. The summed E-state index contributed by atoms with van der Waals surface area (Å²) in [4.78, 5) is 22.8. The van der Waals surface area contributed by atoms with E-state index in [0.717, 1.165) is 52.3 Å². The van der Waals surface area contributed by atoms with Crippen molar-refractivity contribution in [1.29, 1.82) is 0 Å². The van der Waals surface area contributed by atoms with Gasteiger partial charge in [0.1, 0.15) is 11.3 Å². The summed E-state index contributed by atoms with van der Waals surface area (Å²) in [6.45, 7) is 10.4. The fourth-order valence-electron chi connectivity index (χ4n) is 4.55. The Morgan fingerprint density at radius 2 is 1.94 bits per heavy atom. The lowest BCUT2D eigenvalue weighted by molar-refractivity contribution is -0.0756. The summed E-state index contributed by atoms with van der Waals surface area (Å²) in [6, 6.07) is 7.74.